The number of ether oxygens (including phenoxy) is 1. The topological polar surface area (TPSA) is 27.7 Å². The minimum absolute atomic E-state index is 0.675. The van der Waals surface area contributed by atoms with Crippen molar-refractivity contribution in [1.82, 2.24) is 9.80 Å². The lowest BCUT2D eigenvalue weighted by Gasteiger charge is -2.30. The summed E-state index contributed by atoms with van der Waals surface area (Å²) >= 11 is 18.2. The Morgan fingerprint density at radius 3 is 2.59 bits per heavy atom. The minimum Gasteiger partial charge on any atom is -0.379 e. The van der Waals surface area contributed by atoms with E-state index in [4.69, 9.17) is 40.2 Å². The monoisotopic (exact) mass is 451 g/mol. The Labute approximate surface area is 188 Å². The van der Waals surface area contributed by atoms with Crippen molar-refractivity contribution in [1.29, 1.82) is 0 Å². The van der Waals surface area contributed by atoms with E-state index in [0.717, 1.165) is 68.6 Å². The number of aryl methyl sites for hydroxylation is 1. The van der Waals surface area contributed by atoms with Crippen molar-refractivity contribution in [3.63, 3.8) is 0 Å². The molecule has 1 fully saturated rings. The Bertz CT molecular complexity index is 810. The van der Waals surface area contributed by atoms with Gasteiger partial charge in [-0.05, 0) is 54.9 Å². The second-order valence-electron chi connectivity index (χ2n) is 7.22. The standard InChI is InChI=1S/C22H27Cl2N3OS/c1-17-4-2-5-20(21(17)24)25-22(29)27(16-18-6-8-19(23)9-7-18)11-3-10-26-12-14-28-15-13-26/h2,4-9H,3,10-16H2,1H3,(H,25,29). The fourth-order valence-electron chi connectivity index (χ4n) is 3.31. The van der Waals surface area contributed by atoms with Gasteiger partial charge in [0, 0.05) is 37.7 Å². The van der Waals surface area contributed by atoms with Crippen molar-refractivity contribution >= 4 is 46.2 Å². The molecule has 1 saturated heterocycles. The number of nitrogens with one attached hydrogen (secondary N) is 1. The van der Waals surface area contributed by atoms with E-state index in [9.17, 15) is 0 Å². The van der Waals surface area contributed by atoms with Crippen LogP contribution in [0.3, 0.4) is 0 Å². The summed E-state index contributed by atoms with van der Waals surface area (Å²) in [6.45, 7) is 8.24. The van der Waals surface area contributed by atoms with Gasteiger partial charge >= 0.3 is 0 Å². The number of rotatable bonds is 7. The number of nitrogens with zero attached hydrogens (tertiary/aromatic N) is 2. The highest BCUT2D eigenvalue weighted by molar-refractivity contribution is 7.80. The van der Waals surface area contributed by atoms with Crippen LogP contribution in [0.15, 0.2) is 42.5 Å². The van der Waals surface area contributed by atoms with Gasteiger partial charge in [0.05, 0.1) is 23.9 Å². The molecule has 4 nitrogen and oxygen atoms in total. The van der Waals surface area contributed by atoms with Crippen LogP contribution in [0.5, 0.6) is 0 Å². The first-order chi connectivity index (χ1) is 14.0. The van der Waals surface area contributed by atoms with Gasteiger partial charge in [-0.3, -0.25) is 4.90 Å². The smallest absolute Gasteiger partial charge is 0.173 e. The second kappa shape index (κ2) is 11.1. The van der Waals surface area contributed by atoms with E-state index >= 15 is 0 Å². The lowest BCUT2D eigenvalue weighted by molar-refractivity contribution is 0.0368. The summed E-state index contributed by atoms with van der Waals surface area (Å²) in [5, 5.41) is 5.45. The summed E-state index contributed by atoms with van der Waals surface area (Å²) in [6, 6.07) is 13.8. The van der Waals surface area contributed by atoms with E-state index in [1.54, 1.807) is 0 Å². The Balaban J connectivity index is 1.65. The molecule has 0 aliphatic carbocycles. The van der Waals surface area contributed by atoms with E-state index in [0.29, 0.717) is 10.1 Å². The zero-order chi connectivity index (χ0) is 20.6. The predicted molar refractivity (Wildman–Crippen MR) is 126 cm³/mol. The number of morpholine rings is 1. The Morgan fingerprint density at radius 1 is 1.14 bits per heavy atom. The maximum Gasteiger partial charge on any atom is 0.173 e. The van der Waals surface area contributed by atoms with Crippen molar-refractivity contribution in [3.8, 4) is 0 Å². The van der Waals surface area contributed by atoms with E-state index in [1.807, 2.05) is 49.4 Å². The SMILES string of the molecule is Cc1cccc(NC(=S)N(CCCN2CCOCC2)Cc2ccc(Cl)cc2)c1Cl. The summed E-state index contributed by atoms with van der Waals surface area (Å²) in [6.07, 6.45) is 1.02. The minimum atomic E-state index is 0.675. The van der Waals surface area contributed by atoms with Crippen LogP contribution in [-0.2, 0) is 11.3 Å². The average molecular weight is 452 g/mol. The van der Waals surface area contributed by atoms with E-state index in [2.05, 4.69) is 15.1 Å². The number of anilines is 1. The molecule has 0 spiro atoms. The first kappa shape index (κ1) is 22.3. The normalized spacial score (nSPS) is 14.6. The van der Waals surface area contributed by atoms with Crippen LogP contribution in [-0.4, -0.2) is 54.3 Å². The van der Waals surface area contributed by atoms with Crippen molar-refractivity contribution < 1.29 is 4.74 Å². The largest absolute Gasteiger partial charge is 0.379 e. The van der Waals surface area contributed by atoms with Gasteiger partial charge in [-0.1, -0.05) is 47.5 Å². The fraction of sp³-hybridized carbons (Fsp3) is 0.409. The lowest BCUT2D eigenvalue weighted by Crippen LogP contribution is -2.40. The number of thiocarbonyl (C=S) groups is 1. The molecular formula is C22H27Cl2N3OS. The molecule has 1 heterocycles. The molecule has 7 heteroatoms. The Hall–Kier alpha value is -1.37. The molecule has 29 heavy (non-hydrogen) atoms. The highest BCUT2D eigenvalue weighted by Gasteiger charge is 2.15. The quantitative estimate of drug-likeness (QED) is 0.582. The van der Waals surface area contributed by atoms with Gasteiger partial charge in [-0.15, -0.1) is 0 Å². The maximum atomic E-state index is 6.45. The van der Waals surface area contributed by atoms with Gasteiger partial charge in [0.2, 0.25) is 0 Å². The van der Waals surface area contributed by atoms with Gasteiger partial charge < -0.3 is 15.0 Å². The first-order valence-corrected chi connectivity index (χ1v) is 11.0. The van der Waals surface area contributed by atoms with Crippen LogP contribution >= 0.6 is 35.4 Å². The molecule has 156 valence electrons. The van der Waals surface area contributed by atoms with Crippen LogP contribution in [0, 0.1) is 6.92 Å². The van der Waals surface area contributed by atoms with Crippen LogP contribution in [0.25, 0.3) is 0 Å². The third-order valence-electron chi connectivity index (χ3n) is 5.01. The molecule has 2 aromatic carbocycles. The van der Waals surface area contributed by atoms with Crippen molar-refractivity contribution in [2.24, 2.45) is 0 Å². The summed E-state index contributed by atoms with van der Waals surface area (Å²) in [5.41, 5.74) is 3.03. The molecule has 0 amide bonds. The van der Waals surface area contributed by atoms with Crippen molar-refractivity contribution in [2.75, 3.05) is 44.7 Å². The van der Waals surface area contributed by atoms with Gasteiger partial charge in [0.1, 0.15) is 0 Å². The molecule has 0 atom stereocenters. The van der Waals surface area contributed by atoms with Crippen LogP contribution in [0.2, 0.25) is 10.0 Å². The molecule has 1 aliphatic heterocycles. The summed E-state index contributed by atoms with van der Waals surface area (Å²) in [5.74, 6) is 0. The molecule has 3 rings (SSSR count). The highest BCUT2D eigenvalue weighted by Crippen LogP contribution is 2.25. The molecule has 0 radical (unpaired) electrons. The predicted octanol–water partition coefficient (Wildman–Crippen LogP) is 5.22. The van der Waals surface area contributed by atoms with Gasteiger partial charge in [-0.25, -0.2) is 0 Å². The molecule has 0 unspecified atom stereocenters. The Morgan fingerprint density at radius 2 is 1.86 bits per heavy atom. The van der Waals surface area contributed by atoms with E-state index in [-0.39, 0.29) is 0 Å². The van der Waals surface area contributed by atoms with Crippen molar-refractivity contribution in [3.05, 3.63) is 63.6 Å². The van der Waals surface area contributed by atoms with Gasteiger partial charge in [0.15, 0.2) is 5.11 Å². The third-order valence-corrected chi connectivity index (χ3v) is 6.13. The summed E-state index contributed by atoms with van der Waals surface area (Å²) < 4.78 is 5.44. The molecule has 2 aromatic rings. The molecular weight excluding hydrogens is 425 g/mol. The highest BCUT2D eigenvalue weighted by atomic mass is 35.5. The van der Waals surface area contributed by atoms with Gasteiger partial charge in [0.25, 0.3) is 0 Å². The first-order valence-electron chi connectivity index (χ1n) is 9.88. The molecule has 1 N–H and O–H groups in total. The zero-order valence-corrected chi connectivity index (χ0v) is 19.0. The third kappa shape index (κ3) is 6.83. The van der Waals surface area contributed by atoms with Crippen LogP contribution in [0.1, 0.15) is 17.5 Å². The number of halogens is 2. The van der Waals surface area contributed by atoms with E-state index < -0.39 is 0 Å². The van der Waals surface area contributed by atoms with Gasteiger partial charge in [-0.2, -0.15) is 0 Å². The lowest BCUT2D eigenvalue weighted by atomic mass is 10.2. The average Bonchev–Trinajstić information content (AvgIpc) is 2.73. The number of hydrogen-bond acceptors (Lipinski definition) is 3. The van der Waals surface area contributed by atoms with Crippen LogP contribution in [0.4, 0.5) is 5.69 Å². The zero-order valence-electron chi connectivity index (χ0n) is 16.7. The number of benzene rings is 2. The molecule has 0 bridgehead atoms. The van der Waals surface area contributed by atoms with E-state index in [1.165, 1.54) is 5.56 Å². The Kier molecular flexibility index (Phi) is 8.57. The van der Waals surface area contributed by atoms with Crippen LogP contribution < -0.4 is 5.32 Å². The summed E-state index contributed by atoms with van der Waals surface area (Å²) in [4.78, 5) is 4.63. The number of hydrogen-bond donors (Lipinski definition) is 1. The summed E-state index contributed by atoms with van der Waals surface area (Å²) in [7, 11) is 0. The molecule has 0 aromatic heterocycles. The fourth-order valence-corrected chi connectivity index (χ4v) is 3.88. The van der Waals surface area contributed by atoms with Crippen molar-refractivity contribution in [2.45, 2.75) is 19.9 Å². The molecule has 1 aliphatic rings. The maximum absolute atomic E-state index is 6.45. The second-order valence-corrected chi connectivity index (χ2v) is 8.42. The molecule has 0 saturated carbocycles.